The molecule has 0 heterocycles. The van der Waals surface area contributed by atoms with Gasteiger partial charge in [-0.3, -0.25) is 5.01 Å². The molecule has 82 valence electrons. The summed E-state index contributed by atoms with van der Waals surface area (Å²) < 4.78 is 0. The van der Waals surface area contributed by atoms with E-state index in [0.29, 0.717) is 0 Å². The Bertz CT molecular complexity index is 175. The van der Waals surface area contributed by atoms with Crippen LogP contribution in [0.2, 0.25) is 0 Å². The first-order chi connectivity index (χ1) is 6.74. The second-order valence-corrected chi connectivity index (χ2v) is 3.47. The maximum absolute atomic E-state index is 5.80. The molecule has 0 aliphatic heterocycles. The quantitative estimate of drug-likeness (QED) is 0.369. The molecule has 0 saturated carbocycles. The summed E-state index contributed by atoms with van der Waals surface area (Å²) in [4.78, 5) is 0. The summed E-state index contributed by atoms with van der Waals surface area (Å²) in [5, 5.41) is 5.74. The molecule has 0 rings (SSSR count). The van der Waals surface area contributed by atoms with Crippen LogP contribution in [0.1, 0.15) is 46.0 Å². The van der Waals surface area contributed by atoms with Gasteiger partial charge in [0.1, 0.15) is 0 Å². The second-order valence-electron chi connectivity index (χ2n) is 3.47. The number of rotatable bonds is 8. The predicted molar refractivity (Wildman–Crippen MR) is 63.0 cm³/mol. The summed E-state index contributed by atoms with van der Waals surface area (Å²) in [6.45, 7) is 8.75. The van der Waals surface area contributed by atoms with Gasteiger partial charge in [0.25, 0.3) is 0 Å². The fraction of sp³-hybridized carbons (Fsp3) is 0.727. The van der Waals surface area contributed by atoms with Crippen molar-refractivity contribution in [2.75, 3.05) is 6.54 Å². The molecule has 0 saturated heterocycles. The minimum Gasteiger partial charge on any atom is -0.401 e. The minimum atomic E-state index is 0.886. The van der Waals surface area contributed by atoms with Crippen molar-refractivity contribution < 1.29 is 0 Å². The lowest BCUT2D eigenvalue weighted by molar-refractivity contribution is 0.383. The number of nitrogens with zero attached hydrogens (tertiary/aromatic N) is 2. The molecule has 0 aliphatic rings. The highest BCUT2D eigenvalue weighted by molar-refractivity contribution is 5.23. The minimum absolute atomic E-state index is 0.886. The van der Waals surface area contributed by atoms with Crippen molar-refractivity contribution in [1.29, 1.82) is 0 Å². The molecule has 0 unspecified atom stereocenters. The first-order valence-corrected chi connectivity index (χ1v) is 5.44. The smallest absolute Gasteiger partial charge is 0.0419 e. The normalized spacial score (nSPS) is 11.4. The molecule has 0 amide bonds. The van der Waals surface area contributed by atoms with Gasteiger partial charge in [0.05, 0.1) is 0 Å². The number of allylic oxidation sites excluding steroid dienone is 1. The average Bonchev–Trinajstić information content (AvgIpc) is 2.17. The number of unbranched alkanes of at least 4 members (excludes halogenated alkanes) is 2. The molecule has 3 nitrogen and oxygen atoms in total. The summed E-state index contributed by atoms with van der Waals surface area (Å²) in [7, 11) is 0. The summed E-state index contributed by atoms with van der Waals surface area (Å²) >= 11 is 0. The van der Waals surface area contributed by atoms with E-state index in [1.165, 1.54) is 12.8 Å². The first-order valence-electron chi connectivity index (χ1n) is 5.44. The van der Waals surface area contributed by atoms with E-state index in [1.807, 2.05) is 11.2 Å². The van der Waals surface area contributed by atoms with Gasteiger partial charge in [-0.15, -0.1) is 0 Å². The third kappa shape index (κ3) is 6.52. The van der Waals surface area contributed by atoms with Crippen LogP contribution in [0.15, 0.2) is 17.0 Å². The van der Waals surface area contributed by atoms with Crippen LogP contribution in [0.5, 0.6) is 0 Å². The van der Waals surface area contributed by atoms with Crippen LogP contribution in [-0.2, 0) is 0 Å². The average molecular weight is 197 g/mol. The van der Waals surface area contributed by atoms with Gasteiger partial charge in [-0.1, -0.05) is 33.1 Å². The molecule has 2 N–H and O–H groups in total. The Labute approximate surface area is 87.7 Å². The van der Waals surface area contributed by atoms with Gasteiger partial charge in [0.15, 0.2) is 0 Å². The van der Waals surface area contributed by atoms with E-state index in [1.54, 1.807) is 0 Å². The topological polar surface area (TPSA) is 41.6 Å². The molecule has 14 heavy (non-hydrogen) atoms. The molecular weight excluding hydrogens is 174 g/mol. The highest BCUT2D eigenvalue weighted by Gasteiger charge is 1.97. The van der Waals surface area contributed by atoms with Crippen molar-refractivity contribution in [2.24, 2.45) is 10.8 Å². The van der Waals surface area contributed by atoms with Gasteiger partial charge in [-0.25, -0.2) is 0 Å². The molecule has 0 atom stereocenters. The summed E-state index contributed by atoms with van der Waals surface area (Å²) in [5.74, 6) is 0. The standard InChI is InChI=1S/C11H23N3/c1-4-6-7-9-14(13-3)10-11(12)8-5-2/h10H,3-9,12H2,1-2H3/b11-10-. The highest BCUT2D eigenvalue weighted by Crippen LogP contribution is 2.03. The summed E-state index contributed by atoms with van der Waals surface area (Å²) in [6, 6.07) is 0. The van der Waals surface area contributed by atoms with Crippen molar-refractivity contribution in [3.05, 3.63) is 11.9 Å². The van der Waals surface area contributed by atoms with E-state index in [4.69, 9.17) is 5.73 Å². The Kier molecular flexibility index (Phi) is 7.99. The zero-order valence-corrected chi connectivity index (χ0v) is 9.50. The number of nitrogens with two attached hydrogens (primary N) is 1. The van der Waals surface area contributed by atoms with Crippen LogP contribution in [0.25, 0.3) is 0 Å². The van der Waals surface area contributed by atoms with Crippen molar-refractivity contribution in [1.82, 2.24) is 5.01 Å². The van der Waals surface area contributed by atoms with E-state index >= 15 is 0 Å². The molecule has 0 fully saturated rings. The first kappa shape index (κ1) is 13.0. The Morgan fingerprint density at radius 1 is 1.36 bits per heavy atom. The van der Waals surface area contributed by atoms with E-state index in [9.17, 15) is 0 Å². The van der Waals surface area contributed by atoms with Gasteiger partial charge in [0.2, 0.25) is 0 Å². The lowest BCUT2D eigenvalue weighted by Gasteiger charge is -2.14. The maximum atomic E-state index is 5.80. The largest absolute Gasteiger partial charge is 0.401 e. The van der Waals surface area contributed by atoms with Crippen LogP contribution in [0.4, 0.5) is 0 Å². The molecule has 0 spiro atoms. The van der Waals surface area contributed by atoms with E-state index < -0.39 is 0 Å². The molecule has 0 aliphatic carbocycles. The van der Waals surface area contributed by atoms with Crippen LogP contribution < -0.4 is 5.73 Å². The predicted octanol–water partition coefficient (Wildman–Crippen LogP) is 2.69. The monoisotopic (exact) mass is 197 g/mol. The maximum Gasteiger partial charge on any atom is 0.0419 e. The Morgan fingerprint density at radius 2 is 2.07 bits per heavy atom. The van der Waals surface area contributed by atoms with Gasteiger partial charge < -0.3 is 5.73 Å². The molecule has 3 heteroatoms. The van der Waals surface area contributed by atoms with Crippen molar-refractivity contribution in [3.63, 3.8) is 0 Å². The Balaban J connectivity index is 3.87. The van der Waals surface area contributed by atoms with Gasteiger partial charge in [-0.05, 0) is 12.8 Å². The van der Waals surface area contributed by atoms with Gasteiger partial charge in [-0.2, -0.15) is 5.10 Å². The van der Waals surface area contributed by atoms with E-state index in [-0.39, 0.29) is 0 Å². The molecule has 0 aromatic rings. The molecular formula is C11H23N3. The SMILES string of the molecule is C=NN(/C=C(\N)CCC)CCCCC. The van der Waals surface area contributed by atoms with E-state index in [0.717, 1.165) is 31.5 Å². The van der Waals surface area contributed by atoms with Crippen LogP contribution in [-0.4, -0.2) is 18.3 Å². The second kappa shape index (κ2) is 8.60. The summed E-state index contributed by atoms with van der Waals surface area (Å²) in [6.07, 6.45) is 7.49. The highest BCUT2D eigenvalue weighted by atomic mass is 15.4. The lowest BCUT2D eigenvalue weighted by atomic mass is 10.2. The van der Waals surface area contributed by atoms with Crippen LogP contribution in [0, 0.1) is 0 Å². The van der Waals surface area contributed by atoms with Crippen LogP contribution >= 0.6 is 0 Å². The summed E-state index contributed by atoms with van der Waals surface area (Å²) in [5.41, 5.74) is 6.68. The zero-order chi connectivity index (χ0) is 10.8. The van der Waals surface area contributed by atoms with Gasteiger partial charge in [0, 0.05) is 25.2 Å². The number of hydrazone groups is 1. The zero-order valence-electron chi connectivity index (χ0n) is 9.50. The Hall–Kier alpha value is -0.990. The Morgan fingerprint density at radius 3 is 2.57 bits per heavy atom. The molecule has 0 aromatic heterocycles. The molecule has 0 radical (unpaired) electrons. The fourth-order valence-corrected chi connectivity index (χ4v) is 1.24. The number of hydrogen-bond acceptors (Lipinski definition) is 3. The third-order valence-corrected chi connectivity index (χ3v) is 2.03. The van der Waals surface area contributed by atoms with Crippen molar-refractivity contribution in [2.45, 2.75) is 46.0 Å². The van der Waals surface area contributed by atoms with E-state index in [2.05, 4.69) is 25.7 Å². The van der Waals surface area contributed by atoms with Gasteiger partial charge >= 0.3 is 0 Å². The fourth-order valence-electron chi connectivity index (χ4n) is 1.24. The molecule has 0 aromatic carbocycles. The molecule has 0 bridgehead atoms. The van der Waals surface area contributed by atoms with Crippen molar-refractivity contribution in [3.8, 4) is 0 Å². The number of hydrogen-bond donors (Lipinski definition) is 1. The lowest BCUT2D eigenvalue weighted by Crippen LogP contribution is -2.14. The third-order valence-electron chi connectivity index (χ3n) is 2.03. The van der Waals surface area contributed by atoms with Crippen molar-refractivity contribution >= 4 is 6.72 Å². The van der Waals surface area contributed by atoms with Crippen LogP contribution in [0.3, 0.4) is 0 Å².